The molecule has 0 unspecified atom stereocenters. The summed E-state index contributed by atoms with van der Waals surface area (Å²) in [7, 11) is 0. The van der Waals surface area contributed by atoms with Gasteiger partial charge in [0.1, 0.15) is 5.75 Å². The highest BCUT2D eigenvalue weighted by atomic mass is 32.2. The van der Waals surface area contributed by atoms with Gasteiger partial charge in [0, 0.05) is 29.4 Å². The average molecular weight is 374 g/mol. The fourth-order valence-corrected chi connectivity index (χ4v) is 2.99. The first-order valence-corrected chi connectivity index (χ1v) is 9.94. The van der Waals surface area contributed by atoms with E-state index < -0.39 is 0 Å². The van der Waals surface area contributed by atoms with Gasteiger partial charge >= 0.3 is 0 Å². The normalized spacial score (nSPS) is 10.7. The van der Waals surface area contributed by atoms with E-state index in [2.05, 4.69) is 17.4 Å². The van der Waals surface area contributed by atoms with E-state index in [1.807, 2.05) is 44.2 Å². The molecule has 0 fully saturated rings. The molecule has 4 nitrogen and oxygen atoms in total. The van der Waals surface area contributed by atoms with Crippen LogP contribution in [0.4, 0.5) is 0 Å². The Morgan fingerprint density at radius 1 is 1.04 bits per heavy atom. The van der Waals surface area contributed by atoms with Crippen LogP contribution in [0.2, 0.25) is 0 Å². The summed E-state index contributed by atoms with van der Waals surface area (Å²) in [5.41, 5.74) is 0.640. The maximum atomic E-state index is 12.1. The Balaban J connectivity index is 1.64. The van der Waals surface area contributed by atoms with Crippen LogP contribution in [0, 0.1) is 0 Å². The van der Waals surface area contributed by atoms with Gasteiger partial charge in [-0.05, 0) is 56.7 Å². The number of carbonyl (C=O) groups excluding carboxylic acids is 1. The van der Waals surface area contributed by atoms with Gasteiger partial charge in [-0.1, -0.05) is 18.2 Å². The maximum absolute atomic E-state index is 12.1. The SMILES string of the molecule is CC(C)OCCCNC(=O)c1ccc(OCCSc2ccccc2)cc1. The van der Waals surface area contributed by atoms with Gasteiger partial charge in [-0.25, -0.2) is 0 Å². The first kappa shape index (κ1) is 20.3. The van der Waals surface area contributed by atoms with E-state index in [0.29, 0.717) is 25.3 Å². The number of ether oxygens (including phenoxy) is 2. The zero-order chi connectivity index (χ0) is 18.6. The number of benzene rings is 2. The van der Waals surface area contributed by atoms with Crippen LogP contribution in [0.25, 0.3) is 0 Å². The third-order valence-electron chi connectivity index (χ3n) is 3.54. The van der Waals surface area contributed by atoms with Crippen molar-refractivity contribution in [1.82, 2.24) is 5.32 Å². The molecule has 2 aromatic rings. The predicted molar refractivity (Wildman–Crippen MR) is 107 cm³/mol. The first-order valence-electron chi connectivity index (χ1n) is 8.95. The van der Waals surface area contributed by atoms with E-state index in [-0.39, 0.29) is 12.0 Å². The molecular weight excluding hydrogens is 346 g/mol. The van der Waals surface area contributed by atoms with Crippen LogP contribution >= 0.6 is 11.8 Å². The van der Waals surface area contributed by atoms with Gasteiger partial charge in [-0.15, -0.1) is 11.8 Å². The Kier molecular flexibility index (Phi) is 9.07. The summed E-state index contributed by atoms with van der Waals surface area (Å²) in [4.78, 5) is 13.3. The minimum Gasteiger partial charge on any atom is -0.493 e. The molecule has 0 radical (unpaired) electrons. The molecule has 5 heteroatoms. The van der Waals surface area contributed by atoms with Gasteiger partial charge in [0.25, 0.3) is 5.91 Å². The summed E-state index contributed by atoms with van der Waals surface area (Å²) in [6, 6.07) is 17.5. The van der Waals surface area contributed by atoms with Gasteiger partial charge in [0.05, 0.1) is 12.7 Å². The van der Waals surface area contributed by atoms with Crippen molar-refractivity contribution in [2.24, 2.45) is 0 Å². The van der Waals surface area contributed by atoms with Crippen LogP contribution in [0.3, 0.4) is 0 Å². The van der Waals surface area contributed by atoms with Crippen LogP contribution in [0.1, 0.15) is 30.6 Å². The zero-order valence-corrected chi connectivity index (χ0v) is 16.3. The standard InChI is InChI=1S/C21H27NO3S/c1-17(2)24-14-6-13-22-21(23)18-9-11-19(12-10-18)25-15-16-26-20-7-4-3-5-8-20/h3-5,7-12,17H,6,13-16H2,1-2H3,(H,22,23). The maximum Gasteiger partial charge on any atom is 0.251 e. The van der Waals surface area contributed by atoms with Crippen molar-refractivity contribution in [3.63, 3.8) is 0 Å². The van der Waals surface area contributed by atoms with Crippen molar-refractivity contribution < 1.29 is 14.3 Å². The van der Waals surface area contributed by atoms with E-state index in [9.17, 15) is 4.79 Å². The second-order valence-electron chi connectivity index (χ2n) is 6.06. The highest BCUT2D eigenvalue weighted by Crippen LogP contribution is 2.18. The minimum absolute atomic E-state index is 0.0688. The number of nitrogens with one attached hydrogen (secondary N) is 1. The molecule has 2 aromatic carbocycles. The van der Waals surface area contributed by atoms with E-state index >= 15 is 0 Å². The number of thioether (sulfide) groups is 1. The topological polar surface area (TPSA) is 47.6 Å². The van der Waals surface area contributed by atoms with E-state index in [1.165, 1.54) is 4.90 Å². The molecule has 0 bridgehead atoms. The molecule has 140 valence electrons. The summed E-state index contributed by atoms with van der Waals surface area (Å²) < 4.78 is 11.2. The van der Waals surface area contributed by atoms with Crippen molar-refractivity contribution in [2.45, 2.75) is 31.3 Å². The molecule has 0 aliphatic carbocycles. The first-order chi connectivity index (χ1) is 12.6. The van der Waals surface area contributed by atoms with E-state index in [4.69, 9.17) is 9.47 Å². The summed E-state index contributed by atoms with van der Waals surface area (Å²) >= 11 is 1.76. The second kappa shape index (κ2) is 11.6. The van der Waals surface area contributed by atoms with Crippen molar-refractivity contribution in [3.05, 3.63) is 60.2 Å². The van der Waals surface area contributed by atoms with Crippen molar-refractivity contribution in [2.75, 3.05) is 25.5 Å². The van der Waals surface area contributed by atoms with Crippen LogP contribution in [-0.2, 0) is 4.74 Å². The highest BCUT2D eigenvalue weighted by molar-refractivity contribution is 7.99. The van der Waals surface area contributed by atoms with Crippen LogP contribution in [0.15, 0.2) is 59.5 Å². The fourth-order valence-electron chi connectivity index (χ4n) is 2.23. The molecule has 0 saturated heterocycles. The van der Waals surface area contributed by atoms with Gasteiger partial charge in [-0.2, -0.15) is 0 Å². The lowest BCUT2D eigenvalue weighted by molar-refractivity contribution is 0.0757. The average Bonchev–Trinajstić information content (AvgIpc) is 2.66. The molecule has 2 rings (SSSR count). The molecule has 0 aromatic heterocycles. The Labute approximate surface area is 160 Å². The smallest absolute Gasteiger partial charge is 0.251 e. The fraction of sp³-hybridized carbons (Fsp3) is 0.381. The molecular formula is C21H27NO3S. The number of amides is 1. The number of carbonyl (C=O) groups is 1. The molecule has 26 heavy (non-hydrogen) atoms. The monoisotopic (exact) mass is 373 g/mol. The third-order valence-corrected chi connectivity index (χ3v) is 4.51. The quantitative estimate of drug-likeness (QED) is 0.468. The number of rotatable bonds is 11. The van der Waals surface area contributed by atoms with E-state index in [1.54, 1.807) is 23.9 Å². The number of hydrogen-bond acceptors (Lipinski definition) is 4. The van der Waals surface area contributed by atoms with E-state index in [0.717, 1.165) is 17.9 Å². The minimum atomic E-state index is -0.0688. The lowest BCUT2D eigenvalue weighted by atomic mass is 10.2. The molecule has 1 amide bonds. The lowest BCUT2D eigenvalue weighted by Gasteiger charge is -2.09. The van der Waals surface area contributed by atoms with Crippen molar-refractivity contribution in [1.29, 1.82) is 0 Å². The third kappa shape index (κ3) is 7.93. The van der Waals surface area contributed by atoms with Crippen LogP contribution in [0.5, 0.6) is 5.75 Å². The van der Waals surface area contributed by atoms with Crippen LogP contribution < -0.4 is 10.1 Å². The van der Waals surface area contributed by atoms with Crippen LogP contribution in [-0.4, -0.2) is 37.5 Å². The Bertz CT molecular complexity index is 644. The molecule has 1 N–H and O–H groups in total. The lowest BCUT2D eigenvalue weighted by Crippen LogP contribution is -2.25. The Morgan fingerprint density at radius 3 is 2.46 bits per heavy atom. The summed E-state index contributed by atoms with van der Waals surface area (Å²) in [5.74, 6) is 1.59. The van der Waals surface area contributed by atoms with Gasteiger partial charge in [-0.3, -0.25) is 4.79 Å². The Morgan fingerprint density at radius 2 is 1.77 bits per heavy atom. The highest BCUT2D eigenvalue weighted by Gasteiger charge is 2.05. The second-order valence-corrected chi connectivity index (χ2v) is 7.23. The largest absolute Gasteiger partial charge is 0.493 e. The number of hydrogen-bond donors (Lipinski definition) is 1. The molecule has 0 aliphatic rings. The predicted octanol–water partition coefficient (Wildman–Crippen LogP) is 4.40. The van der Waals surface area contributed by atoms with Crippen molar-refractivity contribution >= 4 is 17.7 Å². The van der Waals surface area contributed by atoms with Gasteiger partial charge in [0.2, 0.25) is 0 Å². The van der Waals surface area contributed by atoms with Gasteiger partial charge < -0.3 is 14.8 Å². The zero-order valence-electron chi connectivity index (χ0n) is 15.4. The van der Waals surface area contributed by atoms with Crippen molar-refractivity contribution in [3.8, 4) is 5.75 Å². The molecule has 0 heterocycles. The molecule has 0 spiro atoms. The molecule has 0 atom stereocenters. The summed E-state index contributed by atoms with van der Waals surface area (Å²) in [5, 5.41) is 2.90. The molecule has 0 aliphatic heterocycles. The Hall–Kier alpha value is -1.98. The summed E-state index contributed by atoms with van der Waals surface area (Å²) in [6.07, 6.45) is 1.04. The van der Waals surface area contributed by atoms with Gasteiger partial charge in [0.15, 0.2) is 0 Å². The molecule has 0 saturated carbocycles. The summed E-state index contributed by atoms with van der Waals surface area (Å²) in [6.45, 7) is 5.90.